The van der Waals surface area contributed by atoms with Crippen molar-refractivity contribution in [3.8, 4) is 45.9 Å². The monoisotopic (exact) mass is 578 g/mol. The van der Waals surface area contributed by atoms with E-state index < -0.39 is 80.9 Å². The zero-order valence-corrected chi connectivity index (χ0v) is 20.8. The molecule has 0 fully saturated rings. The van der Waals surface area contributed by atoms with E-state index in [2.05, 4.69) is 10.2 Å². The first kappa shape index (κ1) is 27.6. The number of nitrogens with zero attached hydrogens (tertiary/aromatic N) is 2. The van der Waals surface area contributed by atoms with Crippen LogP contribution >= 0.6 is 0 Å². The average Bonchev–Trinajstić information content (AvgIpc) is 3.42. The van der Waals surface area contributed by atoms with Crippen molar-refractivity contribution < 1.29 is 49.0 Å². The van der Waals surface area contributed by atoms with Gasteiger partial charge >= 0.3 is 0 Å². The van der Waals surface area contributed by atoms with E-state index in [0.29, 0.717) is 0 Å². The van der Waals surface area contributed by atoms with Crippen molar-refractivity contribution in [2.24, 2.45) is 0 Å². The topological polar surface area (TPSA) is 57.4 Å². The van der Waals surface area contributed by atoms with E-state index in [0.717, 1.165) is 11.1 Å². The minimum Gasteiger partial charge on any atom is -0.451 e. The summed E-state index contributed by atoms with van der Waals surface area (Å²) >= 11 is 0. The number of aromatic nitrogens is 2. The van der Waals surface area contributed by atoms with Crippen LogP contribution in [-0.2, 0) is 0 Å². The van der Waals surface area contributed by atoms with Gasteiger partial charge in [-0.05, 0) is 38.1 Å². The highest BCUT2D eigenvalue weighted by molar-refractivity contribution is 5.63. The summed E-state index contributed by atoms with van der Waals surface area (Å²) in [6, 6.07) is 11.2. The van der Waals surface area contributed by atoms with Gasteiger partial charge in [0.05, 0.1) is 0 Å². The third-order valence-electron chi connectivity index (χ3n) is 5.78. The van der Waals surface area contributed by atoms with Crippen LogP contribution in [0.3, 0.4) is 0 Å². The van der Waals surface area contributed by atoms with Gasteiger partial charge < -0.3 is 13.9 Å². The molecule has 5 nitrogen and oxygen atoms in total. The third-order valence-corrected chi connectivity index (χ3v) is 5.78. The van der Waals surface area contributed by atoms with Crippen LogP contribution in [0.25, 0.3) is 22.9 Å². The summed E-state index contributed by atoms with van der Waals surface area (Å²) in [6.45, 7) is 3.43. The van der Waals surface area contributed by atoms with Crippen LogP contribution in [0.5, 0.6) is 23.0 Å². The van der Waals surface area contributed by atoms with E-state index in [4.69, 9.17) is 13.9 Å². The third kappa shape index (κ3) is 4.94. The lowest BCUT2D eigenvalue weighted by molar-refractivity contribution is 0.364. The molecule has 4 aromatic carbocycles. The van der Waals surface area contributed by atoms with Crippen molar-refractivity contribution in [3.63, 3.8) is 0 Å². The van der Waals surface area contributed by atoms with Gasteiger partial charge in [-0.25, -0.2) is 17.6 Å². The molecule has 5 aromatic rings. The van der Waals surface area contributed by atoms with Crippen molar-refractivity contribution >= 4 is 0 Å². The van der Waals surface area contributed by atoms with Gasteiger partial charge in [0.1, 0.15) is 22.6 Å². The van der Waals surface area contributed by atoms with Crippen LogP contribution < -0.4 is 9.47 Å². The van der Waals surface area contributed by atoms with E-state index in [1.165, 1.54) is 48.5 Å². The van der Waals surface area contributed by atoms with Gasteiger partial charge in [-0.3, -0.25) is 0 Å². The molecule has 5 rings (SSSR count). The van der Waals surface area contributed by atoms with Crippen molar-refractivity contribution in [2.75, 3.05) is 0 Å². The largest absolute Gasteiger partial charge is 0.451 e. The van der Waals surface area contributed by atoms with E-state index >= 15 is 0 Å². The highest BCUT2D eigenvalue weighted by atomic mass is 19.2. The molecule has 0 N–H and O–H groups in total. The van der Waals surface area contributed by atoms with Crippen LogP contribution in [0.4, 0.5) is 35.1 Å². The fraction of sp³-hybridized carbons (Fsp3) is 0.0714. The molecule has 1 aromatic heterocycles. The Labute approximate surface area is 225 Å². The summed E-state index contributed by atoms with van der Waals surface area (Å²) in [5.41, 5.74) is -1.59. The molecule has 41 heavy (non-hydrogen) atoms. The molecule has 0 saturated carbocycles. The van der Waals surface area contributed by atoms with Gasteiger partial charge in [-0.15, -0.1) is 10.2 Å². The fourth-order valence-electron chi connectivity index (χ4n) is 3.65. The molecule has 1 heterocycles. The first-order valence-electron chi connectivity index (χ1n) is 11.5. The summed E-state index contributed by atoms with van der Waals surface area (Å²) in [6.07, 6.45) is 0. The molecule has 0 amide bonds. The minimum atomic E-state index is -2.05. The van der Waals surface area contributed by atoms with Crippen molar-refractivity contribution in [1.29, 1.82) is 0 Å². The maximum Gasteiger partial charge on any atom is 0.254 e. The first-order valence-corrected chi connectivity index (χ1v) is 11.5. The summed E-state index contributed by atoms with van der Waals surface area (Å²) in [7, 11) is 0. The van der Waals surface area contributed by atoms with Gasteiger partial charge in [0.25, 0.3) is 11.8 Å². The maximum atomic E-state index is 14.9. The predicted molar refractivity (Wildman–Crippen MR) is 127 cm³/mol. The Balaban J connectivity index is 1.54. The minimum absolute atomic E-state index is 0.148. The van der Waals surface area contributed by atoms with E-state index in [-0.39, 0.29) is 11.5 Å². The Morgan fingerprint density at radius 1 is 0.463 bits per heavy atom. The van der Waals surface area contributed by atoms with E-state index in [1.54, 1.807) is 13.8 Å². The number of benzene rings is 4. The molecule has 0 saturated heterocycles. The number of aryl methyl sites for hydroxylation is 2. The fourth-order valence-corrected chi connectivity index (χ4v) is 3.65. The van der Waals surface area contributed by atoms with Gasteiger partial charge in [0.2, 0.25) is 34.8 Å². The number of hydrogen-bond acceptors (Lipinski definition) is 5. The SMILES string of the molecule is Cc1ccc(Oc2c(F)c(F)c(-c3nnc(-c4c(F)c(F)c(Oc5ccc(C)cc5)c(F)c4F)o3)c(F)c2F)cc1. The first-order chi connectivity index (χ1) is 19.5. The molecule has 0 bridgehead atoms. The number of ether oxygens (including phenoxy) is 2. The second-order valence-corrected chi connectivity index (χ2v) is 8.66. The molecule has 210 valence electrons. The smallest absolute Gasteiger partial charge is 0.254 e. The van der Waals surface area contributed by atoms with Crippen molar-refractivity contribution in [3.05, 3.63) is 106 Å². The Morgan fingerprint density at radius 3 is 1.05 bits per heavy atom. The molecule has 0 aliphatic carbocycles. The molecular weight excluding hydrogens is 564 g/mol. The Hall–Kier alpha value is -4.94. The van der Waals surface area contributed by atoms with Crippen LogP contribution in [0.15, 0.2) is 52.9 Å². The standard InChI is InChI=1S/C28H14F8N2O3/c1-11-3-7-13(8-4-11)39-25-21(33)17(29)15(18(30)22(25)34)27-37-38-28(41-27)16-19(31)23(35)26(24(36)20(16)32)40-14-9-5-12(2)6-10-14/h3-10H,1-2H3. The van der Waals surface area contributed by atoms with Crippen LogP contribution in [0.1, 0.15) is 11.1 Å². The van der Waals surface area contributed by atoms with Gasteiger partial charge in [0.15, 0.2) is 23.3 Å². The zero-order chi connectivity index (χ0) is 29.6. The lowest BCUT2D eigenvalue weighted by Gasteiger charge is -2.12. The van der Waals surface area contributed by atoms with E-state index in [9.17, 15) is 35.1 Å². The number of halogens is 8. The molecule has 0 spiro atoms. The Bertz CT molecular complexity index is 1600. The summed E-state index contributed by atoms with van der Waals surface area (Å²) in [5.74, 6) is -21.9. The molecule has 0 radical (unpaired) electrons. The van der Waals surface area contributed by atoms with Gasteiger partial charge in [0, 0.05) is 0 Å². The quantitative estimate of drug-likeness (QED) is 0.149. The lowest BCUT2D eigenvalue weighted by Crippen LogP contribution is -2.04. The molecule has 0 aliphatic rings. The lowest BCUT2D eigenvalue weighted by atomic mass is 10.1. The highest BCUT2D eigenvalue weighted by Crippen LogP contribution is 2.41. The van der Waals surface area contributed by atoms with Crippen molar-refractivity contribution in [2.45, 2.75) is 13.8 Å². The molecule has 0 unspecified atom stereocenters. The maximum absolute atomic E-state index is 14.9. The number of rotatable bonds is 6. The zero-order valence-electron chi connectivity index (χ0n) is 20.8. The van der Waals surface area contributed by atoms with Crippen molar-refractivity contribution in [1.82, 2.24) is 10.2 Å². The molecular formula is C28H14F8N2O3. The summed E-state index contributed by atoms with van der Waals surface area (Å²) in [4.78, 5) is 0. The predicted octanol–water partition coefficient (Wildman–Crippen LogP) is 8.72. The van der Waals surface area contributed by atoms with Crippen LogP contribution in [0, 0.1) is 60.4 Å². The molecule has 0 atom stereocenters. The average molecular weight is 578 g/mol. The van der Waals surface area contributed by atoms with Gasteiger partial charge in [-0.2, -0.15) is 17.6 Å². The normalized spacial score (nSPS) is 11.2. The molecule has 0 aliphatic heterocycles. The molecule has 13 heteroatoms. The second kappa shape index (κ2) is 10.6. The van der Waals surface area contributed by atoms with Crippen LogP contribution in [0.2, 0.25) is 0 Å². The van der Waals surface area contributed by atoms with Gasteiger partial charge in [-0.1, -0.05) is 35.4 Å². The Morgan fingerprint density at radius 2 is 0.756 bits per heavy atom. The van der Waals surface area contributed by atoms with Crippen LogP contribution in [-0.4, -0.2) is 10.2 Å². The number of hydrogen-bond donors (Lipinski definition) is 0. The highest BCUT2D eigenvalue weighted by Gasteiger charge is 2.34. The Kier molecular flexibility index (Phi) is 7.11. The van der Waals surface area contributed by atoms with E-state index in [1.807, 2.05) is 0 Å². The summed E-state index contributed by atoms with van der Waals surface area (Å²) in [5, 5.41) is 6.30. The summed E-state index contributed by atoms with van der Waals surface area (Å²) < 4.78 is 133. The second-order valence-electron chi connectivity index (χ2n) is 8.66.